The van der Waals surface area contributed by atoms with Crippen LogP contribution in [-0.4, -0.2) is 29.9 Å². The first kappa shape index (κ1) is 16.7. The molecule has 0 unspecified atom stereocenters. The second kappa shape index (κ2) is 7.24. The molecule has 0 saturated carbocycles. The van der Waals surface area contributed by atoms with Gasteiger partial charge in [-0.1, -0.05) is 18.2 Å². The molecule has 1 aromatic carbocycles. The fourth-order valence-corrected chi connectivity index (χ4v) is 3.67. The van der Waals surface area contributed by atoms with Crippen LogP contribution in [0.1, 0.15) is 31.0 Å². The Bertz CT molecular complexity index is 920. The predicted molar refractivity (Wildman–Crippen MR) is 93.5 cm³/mol. The van der Waals surface area contributed by atoms with Crippen molar-refractivity contribution in [2.45, 2.75) is 43.1 Å². The Kier molecular flexibility index (Phi) is 4.65. The molecule has 0 radical (unpaired) electrons. The second-order valence-electron chi connectivity index (χ2n) is 5.95. The van der Waals surface area contributed by atoms with E-state index in [2.05, 4.69) is 25.0 Å². The van der Waals surface area contributed by atoms with Gasteiger partial charge in [-0.25, -0.2) is 0 Å². The molecule has 1 aliphatic rings. The predicted octanol–water partition coefficient (Wildman–Crippen LogP) is 3.26. The molecule has 0 amide bonds. The summed E-state index contributed by atoms with van der Waals surface area (Å²) in [7, 11) is 0. The summed E-state index contributed by atoms with van der Waals surface area (Å²) in [6.45, 7) is 0.947. The van der Waals surface area contributed by atoms with Crippen LogP contribution < -0.4 is 0 Å². The lowest BCUT2D eigenvalue weighted by molar-refractivity contribution is -0.384. The van der Waals surface area contributed by atoms with Gasteiger partial charge in [-0.3, -0.25) is 10.1 Å². The zero-order chi connectivity index (χ0) is 17.9. The van der Waals surface area contributed by atoms with Gasteiger partial charge in [0.2, 0.25) is 11.8 Å². The molecule has 4 rings (SSSR count). The summed E-state index contributed by atoms with van der Waals surface area (Å²) >= 11 is 1.52. The molecule has 0 aliphatic carbocycles. The maximum Gasteiger partial charge on any atom is 0.269 e. The number of thioether (sulfide) groups is 1. The van der Waals surface area contributed by atoms with Gasteiger partial charge < -0.3 is 8.98 Å². The second-order valence-corrected chi connectivity index (χ2v) is 6.90. The molecule has 3 aromatic rings. The average molecular weight is 372 g/mol. The molecule has 0 fully saturated rings. The highest BCUT2D eigenvalue weighted by Gasteiger charge is 2.17. The standard InChI is InChI=1S/C16H16N6O3S/c23-22(24)12-7-5-11(6-8-12)15-19-18-14(25-15)10-26-16-20-17-13-4-2-1-3-9-21(13)16/h5-8H,1-4,9-10H2. The van der Waals surface area contributed by atoms with E-state index in [0.717, 1.165) is 36.8 Å². The lowest BCUT2D eigenvalue weighted by Crippen LogP contribution is -2.02. The van der Waals surface area contributed by atoms with Gasteiger partial charge in [-0.05, 0) is 25.0 Å². The molecule has 10 heteroatoms. The molecule has 0 spiro atoms. The number of fused-ring (bicyclic) bond motifs is 1. The summed E-state index contributed by atoms with van der Waals surface area (Å²) in [6, 6.07) is 6.03. The van der Waals surface area contributed by atoms with Crippen LogP contribution in [0.3, 0.4) is 0 Å². The average Bonchev–Trinajstić information content (AvgIpc) is 3.21. The first-order valence-corrected chi connectivity index (χ1v) is 9.31. The number of hydrogen-bond donors (Lipinski definition) is 0. The molecule has 3 heterocycles. The Morgan fingerprint density at radius 2 is 1.96 bits per heavy atom. The lowest BCUT2D eigenvalue weighted by atomic mass is 10.2. The SMILES string of the molecule is O=[N+]([O-])c1ccc(-c2nnc(CSc3nnc4n3CCCCC4)o2)cc1. The van der Waals surface area contributed by atoms with E-state index in [1.54, 1.807) is 12.1 Å². The third-order valence-corrected chi connectivity index (χ3v) is 5.14. The van der Waals surface area contributed by atoms with E-state index in [9.17, 15) is 10.1 Å². The highest BCUT2D eigenvalue weighted by atomic mass is 32.2. The highest BCUT2D eigenvalue weighted by Crippen LogP contribution is 2.26. The smallest absolute Gasteiger partial charge is 0.269 e. The molecule has 26 heavy (non-hydrogen) atoms. The van der Waals surface area contributed by atoms with Crippen molar-refractivity contribution in [2.24, 2.45) is 0 Å². The summed E-state index contributed by atoms with van der Waals surface area (Å²) in [5, 5.41) is 28.2. The van der Waals surface area contributed by atoms with Crippen LogP contribution in [0.15, 0.2) is 33.8 Å². The molecule has 9 nitrogen and oxygen atoms in total. The molecule has 0 saturated heterocycles. The van der Waals surface area contributed by atoms with Crippen molar-refractivity contribution < 1.29 is 9.34 Å². The van der Waals surface area contributed by atoms with Crippen molar-refractivity contribution >= 4 is 17.4 Å². The zero-order valence-electron chi connectivity index (χ0n) is 13.9. The van der Waals surface area contributed by atoms with Crippen LogP contribution in [-0.2, 0) is 18.7 Å². The normalized spacial score (nSPS) is 14.0. The quantitative estimate of drug-likeness (QED) is 0.381. The van der Waals surface area contributed by atoms with E-state index in [1.165, 1.54) is 30.3 Å². The summed E-state index contributed by atoms with van der Waals surface area (Å²) in [5.41, 5.74) is 0.673. The van der Waals surface area contributed by atoms with Crippen molar-refractivity contribution in [1.82, 2.24) is 25.0 Å². The van der Waals surface area contributed by atoms with E-state index in [-0.39, 0.29) is 5.69 Å². The molecule has 0 bridgehead atoms. The fourth-order valence-electron chi connectivity index (χ4n) is 2.85. The molecule has 134 valence electrons. The van der Waals surface area contributed by atoms with Gasteiger partial charge >= 0.3 is 0 Å². The Labute approximate surface area is 153 Å². The fraction of sp³-hybridized carbons (Fsp3) is 0.375. The van der Waals surface area contributed by atoms with Gasteiger partial charge in [0.1, 0.15) is 5.82 Å². The van der Waals surface area contributed by atoms with Crippen LogP contribution >= 0.6 is 11.8 Å². The number of aryl methyl sites for hydroxylation is 1. The number of nitrogens with zero attached hydrogens (tertiary/aromatic N) is 6. The largest absolute Gasteiger partial charge is 0.420 e. The number of nitro groups is 1. The van der Waals surface area contributed by atoms with Gasteiger partial charge in [-0.15, -0.1) is 20.4 Å². The van der Waals surface area contributed by atoms with Crippen LogP contribution in [0.5, 0.6) is 0 Å². The Morgan fingerprint density at radius 1 is 1.12 bits per heavy atom. The number of non-ortho nitro benzene ring substituents is 1. The van der Waals surface area contributed by atoms with Crippen molar-refractivity contribution in [1.29, 1.82) is 0 Å². The maximum absolute atomic E-state index is 10.7. The number of benzene rings is 1. The minimum Gasteiger partial charge on any atom is -0.420 e. The Hall–Kier alpha value is -2.75. The first-order chi connectivity index (χ1) is 12.7. The molecule has 0 atom stereocenters. The van der Waals surface area contributed by atoms with E-state index < -0.39 is 4.92 Å². The van der Waals surface area contributed by atoms with Crippen molar-refractivity contribution in [3.05, 3.63) is 46.1 Å². The maximum atomic E-state index is 10.7. The minimum atomic E-state index is -0.443. The van der Waals surface area contributed by atoms with Crippen LogP contribution in [0, 0.1) is 10.1 Å². The molecule has 0 N–H and O–H groups in total. The molecule has 2 aromatic heterocycles. The first-order valence-electron chi connectivity index (χ1n) is 8.33. The zero-order valence-corrected chi connectivity index (χ0v) is 14.7. The molecular weight excluding hydrogens is 356 g/mol. The van der Waals surface area contributed by atoms with Gasteiger partial charge in [0.05, 0.1) is 10.7 Å². The van der Waals surface area contributed by atoms with E-state index >= 15 is 0 Å². The third-order valence-electron chi connectivity index (χ3n) is 4.19. The Morgan fingerprint density at radius 3 is 2.77 bits per heavy atom. The highest BCUT2D eigenvalue weighted by molar-refractivity contribution is 7.98. The number of nitro benzene ring substituents is 1. The van der Waals surface area contributed by atoms with Crippen molar-refractivity contribution in [3.8, 4) is 11.5 Å². The monoisotopic (exact) mass is 372 g/mol. The Balaban J connectivity index is 1.44. The van der Waals surface area contributed by atoms with E-state index in [0.29, 0.717) is 23.1 Å². The summed E-state index contributed by atoms with van der Waals surface area (Å²) in [4.78, 5) is 10.3. The van der Waals surface area contributed by atoms with Crippen LogP contribution in [0.2, 0.25) is 0 Å². The summed E-state index contributed by atoms with van der Waals surface area (Å²) in [5.74, 6) is 2.37. The van der Waals surface area contributed by atoms with Gasteiger partial charge in [0, 0.05) is 30.7 Å². The number of aromatic nitrogens is 5. The summed E-state index contributed by atoms with van der Waals surface area (Å²) < 4.78 is 7.84. The van der Waals surface area contributed by atoms with Gasteiger partial charge in [0.25, 0.3) is 5.69 Å². The van der Waals surface area contributed by atoms with E-state index in [4.69, 9.17) is 4.42 Å². The van der Waals surface area contributed by atoms with Crippen LogP contribution in [0.25, 0.3) is 11.5 Å². The molecular formula is C16H16N6O3S. The van der Waals surface area contributed by atoms with E-state index in [1.807, 2.05) is 0 Å². The van der Waals surface area contributed by atoms with Crippen LogP contribution in [0.4, 0.5) is 5.69 Å². The van der Waals surface area contributed by atoms with Gasteiger partial charge in [-0.2, -0.15) is 0 Å². The molecule has 1 aliphatic heterocycles. The topological polar surface area (TPSA) is 113 Å². The minimum absolute atomic E-state index is 0.0246. The number of hydrogen-bond acceptors (Lipinski definition) is 8. The third kappa shape index (κ3) is 3.45. The van der Waals surface area contributed by atoms with Gasteiger partial charge in [0.15, 0.2) is 5.16 Å². The van der Waals surface area contributed by atoms with Crippen molar-refractivity contribution in [2.75, 3.05) is 0 Å². The lowest BCUT2D eigenvalue weighted by Gasteiger charge is -2.04. The van der Waals surface area contributed by atoms with Crippen molar-refractivity contribution in [3.63, 3.8) is 0 Å². The summed E-state index contributed by atoms with van der Waals surface area (Å²) in [6.07, 6.45) is 4.49. The number of rotatable bonds is 5.